The summed E-state index contributed by atoms with van der Waals surface area (Å²) in [5.41, 5.74) is 2.54. The first-order valence-electron chi connectivity index (χ1n) is 10.3. The summed E-state index contributed by atoms with van der Waals surface area (Å²) in [5.74, 6) is 0.923. The number of ether oxygens (including phenoxy) is 1. The Hall–Kier alpha value is -1.28. The summed E-state index contributed by atoms with van der Waals surface area (Å²) in [6, 6.07) is 6.93. The zero-order chi connectivity index (χ0) is 20.0. The molecule has 1 unspecified atom stereocenters. The summed E-state index contributed by atoms with van der Waals surface area (Å²) in [6.07, 6.45) is 10.9. The Labute approximate surface area is 180 Å². The van der Waals surface area contributed by atoms with E-state index in [9.17, 15) is 8.42 Å². The molecule has 2 heterocycles. The lowest BCUT2D eigenvalue weighted by molar-refractivity contribution is 0.305. The van der Waals surface area contributed by atoms with E-state index >= 15 is 0 Å². The van der Waals surface area contributed by atoms with E-state index in [4.69, 9.17) is 4.74 Å². The molecule has 1 aromatic carbocycles. The smallest absolute Gasteiger partial charge is 0.208 e. The normalized spacial score (nSPS) is 17.5. The Bertz CT molecular complexity index is 869. The maximum Gasteiger partial charge on any atom is 0.208 e. The topological polar surface area (TPSA) is 74.4 Å². The summed E-state index contributed by atoms with van der Waals surface area (Å²) in [4.78, 5) is 5.85. The van der Waals surface area contributed by atoms with Crippen molar-refractivity contribution in [2.45, 2.75) is 51.0 Å². The quantitative estimate of drug-likeness (QED) is 0.519. The Kier molecular flexibility index (Phi) is 9.27. The van der Waals surface area contributed by atoms with E-state index in [-0.39, 0.29) is 12.4 Å². The first kappa shape index (κ1) is 24.0. The molecule has 0 aliphatic carbocycles. The number of sulfonamides is 1. The van der Waals surface area contributed by atoms with Crippen molar-refractivity contribution in [3.8, 4) is 5.75 Å². The molecular formula is C21H34ClN3O3S. The van der Waals surface area contributed by atoms with Crippen molar-refractivity contribution in [2.24, 2.45) is 0 Å². The van der Waals surface area contributed by atoms with E-state index in [0.29, 0.717) is 19.2 Å². The number of nitrogens with zero attached hydrogens (tertiary/aromatic N) is 1. The summed E-state index contributed by atoms with van der Waals surface area (Å²) < 4.78 is 30.5. The molecule has 0 saturated carbocycles. The van der Waals surface area contributed by atoms with Crippen LogP contribution in [0, 0.1) is 0 Å². The summed E-state index contributed by atoms with van der Waals surface area (Å²) in [7, 11) is -0.845. The standard InChI is InChI=1S/C21H33N3O3S.ClH/c1-24-12-7-8-18(24)14-17-16-22-21-10-9-19(15-20(17)21)27-13-6-4-3-5-11-23-28(2,25)26;/h9-10,15-16,18,22-23H,3-8,11-14H2,1-2H3;1H. The van der Waals surface area contributed by atoms with Gasteiger partial charge in [-0.3, -0.25) is 0 Å². The lowest BCUT2D eigenvalue weighted by Gasteiger charge is -2.18. The third-order valence-corrected chi connectivity index (χ3v) is 6.30. The van der Waals surface area contributed by atoms with Gasteiger partial charge in [-0.1, -0.05) is 12.8 Å². The van der Waals surface area contributed by atoms with E-state index in [2.05, 4.69) is 40.0 Å². The molecule has 0 bridgehead atoms. The molecule has 2 aromatic rings. The average Bonchev–Trinajstić information content (AvgIpc) is 3.23. The van der Waals surface area contributed by atoms with Crippen LogP contribution in [0.5, 0.6) is 5.75 Å². The van der Waals surface area contributed by atoms with Gasteiger partial charge in [-0.15, -0.1) is 12.4 Å². The third-order valence-electron chi connectivity index (χ3n) is 5.57. The van der Waals surface area contributed by atoms with Gasteiger partial charge in [0.1, 0.15) is 5.75 Å². The van der Waals surface area contributed by atoms with Crippen molar-refractivity contribution in [2.75, 3.05) is 33.0 Å². The molecule has 3 rings (SSSR count). The molecule has 29 heavy (non-hydrogen) atoms. The number of benzene rings is 1. The Morgan fingerprint density at radius 2 is 2.03 bits per heavy atom. The van der Waals surface area contributed by atoms with Gasteiger partial charge in [-0.2, -0.15) is 0 Å². The monoisotopic (exact) mass is 443 g/mol. The number of hydrogen-bond acceptors (Lipinski definition) is 4. The molecule has 6 nitrogen and oxygen atoms in total. The second-order valence-corrected chi connectivity index (χ2v) is 9.76. The van der Waals surface area contributed by atoms with Crippen LogP contribution in [0.3, 0.4) is 0 Å². The fraction of sp³-hybridized carbons (Fsp3) is 0.619. The van der Waals surface area contributed by atoms with Gasteiger partial charge in [0, 0.05) is 29.7 Å². The van der Waals surface area contributed by atoms with Crippen molar-refractivity contribution in [1.82, 2.24) is 14.6 Å². The second kappa shape index (κ2) is 11.2. The Morgan fingerprint density at radius 3 is 2.76 bits per heavy atom. The van der Waals surface area contributed by atoms with E-state index in [1.807, 2.05) is 6.07 Å². The molecule has 2 N–H and O–H groups in total. The molecule has 164 valence electrons. The highest BCUT2D eigenvalue weighted by Crippen LogP contribution is 2.27. The highest BCUT2D eigenvalue weighted by Gasteiger charge is 2.22. The fourth-order valence-electron chi connectivity index (χ4n) is 3.94. The minimum atomic E-state index is -3.07. The summed E-state index contributed by atoms with van der Waals surface area (Å²) in [5, 5.41) is 1.27. The van der Waals surface area contributed by atoms with Crippen LogP contribution in [0.25, 0.3) is 10.9 Å². The van der Waals surface area contributed by atoms with Crippen molar-refractivity contribution in [1.29, 1.82) is 0 Å². The van der Waals surface area contributed by atoms with Gasteiger partial charge in [0.25, 0.3) is 0 Å². The second-order valence-electron chi connectivity index (χ2n) is 7.93. The molecule has 0 radical (unpaired) electrons. The molecule has 1 fully saturated rings. The number of halogens is 1. The highest BCUT2D eigenvalue weighted by atomic mass is 35.5. The van der Waals surface area contributed by atoms with Gasteiger partial charge in [-0.25, -0.2) is 13.1 Å². The van der Waals surface area contributed by atoms with Crippen LogP contribution in [0.2, 0.25) is 0 Å². The van der Waals surface area contributed by atoms with Crippen molar-refractivity contribution in [3.63, 3.8) is 0 Å². The predicted molar refractivity (Wildman–Crippen MR) is 122 cm³/mol. The van der Waals surface area contributed by atoms with E-state index in [0.717, 1.165) is 37.9 Å². The molecule has 1 saturated heterocycles. The number of nitrogens with one attached hydrogen (secondary N) is 2. The Balaban J connectivity index is 0.00000300. The van der Waals surface area contributed by atoms with Crippen molar-refractivity contribution < 1.29 is 13.2 Å². The van der Waals surface area contributed by atoms with Gasteiger partial charge in [0.15, 0.2) is 0 Å². The lowest BCUT2D eigenvalue weighted by Crippen LogP contribution is -2.26. The van der Waals surface area contributed by atoms with Gasteiger partial charge in [-0.05, 0) is 69.5 Å². The molecule has 1 aliphatic rings. The molecule has 0 amide bonds. The van der Waals surface area contributed by atoms with Gasteiger partial charge >= 0.3 is 0 Å². The van der Waals surface area contributed by atoms with Crippen LogP contribution < -0.4 is 9.46 Å². The van der Waals surface area contributed by atoms with Gasteiger partial charge in [0.05, 0.1) is 12.9 Å². The van der Waals surface area contributed by atoms with Gasteiger partial charge in [0.2, 0.25) is 10.0 Å². The number of likely N-dealkylation sites (tertiary alicyclic amines) is 1. The number of likely N-dealkylation sites (N-methyl/N-ethyl adjacent to an activating group) is 1. The molecule has 0 spiro atoms. The van der Waals surface area contributed by atoms with Crippen LogP contribution in [0.1, 0.15) is 44.1 Å². The zero-order valence-electron chi connectivity index (χ0n) is 17.4. The summed E-state index contributed by atoms with van der Waals surface area (Å²) in [6.45, 7) is 2.41. The van der Waals surface area contributed by atoms with Crippen LogP contribution in [-0.4, -0.2) is 57.3 Å². The number of H-pyrrole nitrogens is 1. The van der Waals surface area contributed by atoms with Crippen LogP contribution in [0.4, 0.5) is 0 Å². The maximum atomic E-state index is 11.0. The highest BCUT2D eigenvalue weighted by molar-refractivity contribution is 7.88. The number of unbranched alkanes of at least 4 members (excludes halogenated alkanes) is 3. The fourth-order valence-corrected chi connectivity index (χ4v) is 4.45. The predicted octanol–water partition coefficient (Wildman–Crippen LogP) is 3.71. The Morgan fingerprint density at radius 1 is 1.24 bits per heavy atom. The summed E-state index contributed by atoms with van der Waals surface area (Å²) >= 11 is 0. The van der Waals surface area contributed by atoms with E-state index in [1.165, 1.54) is 42.1 Å². The molecule has 1 aliphatic heterocycles. The third kappa shape index (κ3) is 7.48. The zero-order valence-corrected chi connectivity index (χ0v) is 19.1. The van der Waals surface area contributed by atoms with Crippen molar-refractivity contribution in [3.05, 3.63) is 30.0 Å². The number of rotatable bonds is 11. The van der Waals surface area contributed by atoms with Gasteiger partial charge < -0.3 is 14.6 Å². The van der Waals surface area contributed by atoms with Crippen LogP contribution >= 0.6 is 12.4 Å². The number of fused-ring (bicyclic) bond motifs is 1. The molecular weight excluding hydrogens is 410 g/mol. The molecule has 8 heteroatoms. The number of aromatic nitrogens is 1. The van der Waals surface area contributed by atoms with E-state index in [1.54, 1.807) is 0 Å². The number of hydrogen-bond donors (Lipinski definition) is 2. The molecule has 1 aromatic heterocycles. The minimum absolute atomic E-state index is 0. The van der Waals surface area contributed by atoms with Crippen molar-refractivity contribution >= 4 is 33.3 Å². The van der Waals surface area contributed by atoms with E-state index < -0.39 is 10.0 Å². The first-order valence-corrected chi connectivity index (χ1v) is 12.2. The van der Waals surface area contributed by atoms with Crippen LogP contribution in [-0.2, 0) is 16.4 Å². The lowest BCUT2D eigenvalue weighted by atomic mass is 10.0. The maximum absolute atomic E-state index is 11.0. The van der Waals surface area contributed by atoms with Crippen LogP contribution in [0.15, 0.2) is 24.4 Å². The largest absolute Gasteiger partial charge is 0.494 e. The SMILES string of the molecule is CN1CCCC1Cc1c[nH]c2ccc(OCCCCCCNS(C)(=O)=O)cc12.Cl. The average molecular weight is 444 g/mol. The molecule has 1 atom stereocenters. The number of aromatic amines is 1. The first-order chi connectivity index (χ1) is 13.4. The minimum Gasteiger partial charge on any atom is -0.494 e.